The molecule has 8 nitrogen and oxygen atoms in total. The van der Waals surface area contributed by atoms with Crippen molar-refractivity contribution in [1.29, 1.82) is 5.26 Å². The maximum atomic E-state index is 9.00. The average molecular weight is 524 g/mol. The molecule has 0 aliphatic carbocycles. The number of nitrogens with zero attached hydrogens (tertiary/aromatic N) is 5. The van der Waals surface area contributed by atoms with Gasteiger partial charge in [0.25, 0.3) is 0 Å². The van der Waals surface area contributed by atoms with Gasteiger partial charge < -0.3 is 18.6 Å². The van der Waals surface area contributed by atoms with Gasteiger partial charge in [-0.25, -0.2) is 4.98 Å². The van der Waals surface area contributed by atoms with Crippen molar-refractivity contribution in [3.05, 3.63) is 59.8 Å². The molecule has 5 rings (SSSR count). The van der Waals surface area contributed by atoms with Crippen LogP contribution in [0.25, 0.3) is 11.3 Å². The van der Waals surface area contributed by atoms with Crippen molar-refractivity contribution in [2.75, 3.05) is 26.2 Å². The quantitative estimate of drug-likeness (QED) is 0.412. The molecular formula is C31H33N5O3. The summed E-state index contributed by atoms with van der Waals surface area (Å²) in [6.07, 6.45) is 8.34. The van der Waals surface area contributed by atoms with Crippen LogP contribution in [0.5, 0.6) is 0 Å². The molecule has 0 saturated carbocycles. The Morgan fingerprint density at radius 1 is 1.13 bits per heavy atom. The second-order valence-electron chi connectivity index (χ2n) is 9.98. The molecule has 0 radical (unpaired) electrons. The molecule has 0 bridgehead atoms. The van der Waals surface area contributed by atoms with E-state index in [1.165, 1.54) is 0 Å². The van der Waals surface area contributed by atoms with Crippen LogP contribution >= 0.6 is 0 Å². The Balaban J connectivity index is 1.13. The minimum Gasteiger partial charge on any atom is -0.356 e. The van der Waals surface area contributed by atoms with Crippen LogP contribution in [0.15, 0.2) is 47.2 Å². The van der Waals surface area contributed by atoms with E-state index in [9.17, 15) is 0 Å². The van der Waals surface area contributed by atoms with E-state index in [-0.39, 0.29) is 18.3 Å². The number of nitriles is 1. The molecule has 2 aromatic heterocycles. The lowest BCUT2D eigenvalue weighted by atomic mass is 9.99. The summed E-state index contributed by atoms with van der Waals surface area (Å²) in [5.41, 5.74) is 2.63. The highest BCUT2D eigenvalue weighted by Gasteiger charge is 2.21. The average Bonchev–Trinajstić information content (AvgIpc) is 3.64. The van der Waals surface area contributed by atoms with Crippen molar-refractivity contribution in [2.24, 2.45) is 5.92 Å². The lowest BCUT2D eigenvalue weighted by molar-refractivity contribution is -0.188. The minimum absolute atomic E-state index is 0.170. The van der Waals surface area contributed by atoms with Crippen LogP contribution in [0.3, 0.4) is 0 Å². The minimum atomic E-state index is -0.185. The first-order chi connectivity index (χ1) is 19.2. The second-order valence-corrected chi connectivity index (χ2v) is 9.98. The molecule has 39 heavy (non-hydrogen) atoms. The smallest absolute Gasteiger partial charge is 0.167 e. The van der Waals surface area contributed by atoms with Gasteiger partial charge in [0.2, 0.25) is 0 Å². The first-order valence-electron chi connectivity index (χ1n) is 13.6. The van der Waals surface area contributed by atoms with E-state index in [1.54, 1.807) is 6.20 Å². The summed E-state index contributed by atoms with van der Waals surface area (Å²) in [7, 11) is 0. The summed E-state index contributed by atoms with van der Waals surface area (Å²) in [4.78, 5) is 6.78. The number of aromatic nitrogens is 3. The van der Waals surface area contributed by atoms with E-state index in [0.717, 1.165) is 74.4 Å². The van der Waals surface area contributed by atoms with Gasteiger partial charge in [0, 0.05) is 55.2 Å². The number of hydrogen-bond donors (Lipinski definition) is 0. The van der Waals surface area contributed by atoms with Gasteiger partial charge in [-0.3, -0.25) is 4.90 Å². The third-order valence-electron chi connectivity index (χ3n) is 7.10. The van der Waals surface area contributed by atoms with Gasteiger partial charge in [-0.1, -0.05) is 17.0 Å². The number of likely N-dealkylation sites (tertiary alicyclic amines) is 1. The van der Waals surface area contributed by atoms with E-state index >= 15 is 0 Å². The topological polar surface area (TPSA) is 89.3 Å². The normalized spacial score (nSPS) is 18.8. The summed E-state index contributed by atoms with van der Waals surface area (Å²) in [5, 5.41) is 13.3. The second kappa shape index (κ2) is 13.3. The fourth-order valence-corrected chi connectivity index (χ4v) is 4.85. The molecule has 2 saturated heterocycles. The largest absolute Gasteiger partial charge is 0.356 e. The number of hydrogen-bond acceptors (Lipinski definition) is 7. The molecule has 2 fully saturated rings. The van der Waals surface area contributed by atoms with E-state index in [2.05, 4.69) is 44.8 Å². The molecular weight excluding hydrogens is 490 g/mol. The SMILES string of the molecule is C[C@H](OC1CCCCO1)c1nccn1Cc1cc(-c2ccc(C#CC#CCN3CCC(C#N)CC3)cc2)on1. The van der Waals surface area contributed by atoms with Crippen LogP contribution in [0, 0.1) is 40.9 Å². The number of piperidine rings is 1. The Labute approximate surface area is 229 Å². The molecule has 0 N–H and O–H groups in total. The fourth-order valence-electron chi connectivity index (χ4n) is 4.85. The summed E-state index contributed by atoms with van der Waals surface area (Å²) >= 11 is 0. The van der Waals surface area contributed by atoms with Gasteiger partial charge in [0.1, 0.15) is 17.6 Å². The van der Waals surface area contributed by atoms with Crippen molar-refractivity contribution < 1.29 is 14.0 Å². The molecule has 1 aromatic carbocycles. The van der Waals surface area contributed by atoms with Gasteiger partial charge >= 0.3 is 0 Å². The van der Waals surface area contributed by atoms with Gasteiger partial charge in [0.15, 0.2) is 12.1 Å². The Morgan fingerprint density at radius 3 is 2.74 bits per heavy atom. The third kappa shape index (κ3) is 7.37. The molecule has 1 unspecified atom stereocenters. The van der Waals surface area contributed by atoms with Crippen LogP contribution in [0.4, 0.5) is 0 Å². The van der Waals surface area contributed by atoms with E-state index in [4.69, 9.17) is 19.3 Å². The lowest BCUT2D eigenvalue weighted by Gasteiger charge is -2.26. The Hall–Kier alpha value is -3.87. The number of rotatable bonds is 7. The van der Waals surface area contributed by atoms with Crippen molar-refractivity contribution in [2.45, 2.75) is 58.0 Å². The molecule has 2 aliphatic heterocycles. The zero-order chi connectivity index (χ0) is 26.9. The Morgan fingerprint density at radius 2 is 1.97 bits per heavy atom. The van der Waals surface area contributed by atoms with Crippen LogP contribution < -0.4 is 0 Å². The van der Waals surface area contributed by atoms with E-state index in [1.807, 2.05) is 48.0 Å². The van der Waals surface area contributed by atoms with Gasteiger partial charge in [-0.05, 0) is 75.1 Å². The molecule has 4 heterocycles. The van der Waals surface area contributed by atoms with Crippen LogP contribution in [0.1, 0.15) is 62.2 Å². The van der Waals surface area contributed by atoms with E-state index in [0.29, 0.717) is 18.8 Å². The third-order valence-corrected chi connectivity index (χ3v) is 7.10. The zero-order valence-electron chi connectivity index (χ0n) is 22.3. The standard InChI is InChI=1S/C31H33N5O3/c1-24(38-30-8-4-6-20-37-30)31-33-15-19-36(31)23-28-21-29(39-34-28)27-11-9-25(10-12-27)7-3-2-5-16-35-17-13-26(22-32)14-18-35/h9-12,15,19,21,24,26,30H,4,6,8,13-14,16-18,20,23H2,1H3/t24-,30?/m0/s1. The van der Waals surface area contributed by atoms with Gasteiger partial charge in [0.05, 0.1) is 19.2 Å². The van der Waals surface area contributed by atoms with Crippen molar-refractivity contribution in [3.8, 4) is 41.1 Å². The summed E-state index contributed by atoms with van der Waals surface area (Å²) in [6, 6.07) is 12.2. The zero-order valence-corrected chi connectivity index (χ0v) is 22.3. The van der Waals surface area contributed by atoms with Gasteiger partial charge in [-0.2, -0.15) is 5.26 Å². The maximum Gasteiger partial charge on any atom is 0.167 e. The van der Waals surface area contributed by atoms with Crippen molar-refractivity contribution in [3.63, 3.8) is 0 Å². The molecule has 2 atom stereocenters. The molecule has 0 amide bonds. The van der Waals surface area contributed by atoms with Crippen molar-refractivity contribution in [1.82, 2.24) is 19.6 Å². The number of ether oxygens (including phenoxy) is 2. The fraction of sp³-hybridized carbons (Fsp3) is 0.452. The first kappa shape index (κ1) is 26.7. The molecule has 200 valence electrons. The molecule has 2 aliphatic rings. The summed E-state index contributed by atoms with van der Waals surface area (Å²) in [6.45, 7) is 5.84. The monoisotopic (exact) mass is 523 g/mol. The Bertz CT molecular complexity index is 1380. The summed E-state index contributed by atoms with van der Waals surface area (Å²) < 4.78 is 19.5. The van der Waals surface area contributed by atoms with Crippen molar-refractivity contribution >= 4 is 0 Å². The highest BCUT2D eigenvalue weighted by Crippen LogP contribution is 2.25. The highest BCUT2D eigenvalue weighted by molar-refractivity contribution is 5.59. The van der Waals surface area contributed by atoms with Gasteiger partial charge in [-0.15, -0.1) is 0 Å². The molecule has 0 spiro atoms. The summed E-state index contributed by atoms with van der Waals surface area (Å²) in [5.74, 6) is 13.8. The van der Waals surface area contributed by atoms with Crippen LogP contribution in [-0.4, -0.2) is 52.1 Å². The first-order valence-corrected chi connectivity index (χ1v) is 13.6. The lowest BCUT2D eigenvalue weighted by Crippen LogP contribution is -2.33. The highest BCUT2D eigenvalue weighted by atomic mass is 16.7. The molecule has 8 heteroatoms. The van der Waals surface area contributed by atoms with Crippen LogP contribution in [0.2, 0.25) is 0 Å². The predicted octanol–water partition coefficient (Wildman–Crippen LogP) is 4.78. The predicted molar refractivity (Wildman–Crippen MR) is 146 cm³/mol. The van der Waals surface area contributed by atoms with E-state index < -0.39 is 0 Å². The van der Waals surface area contributed by atoms with Crippen LogP contribution in [-0.2, 0) is 16.0 Å². The number of imidazole rings is 1. The molecule has 3 aromatic rings. The Kier molecular flexibility index (Phi) is 9.09. The number of benzene rings is 1. The maximum absolute atomic E-state index is 9.00.